The molecule has 0 heterocycles. The van der Waals surface area contributed by atoms with E-state index in [0.29, 0.717) is 0 Å². The molecule has 0 bridgehead atoms. The number of carbonyl (C=O) groups is 1. The zero-order valence-electron chi connectivity index (χ0n) is 14.7. The number of hydrogen-bond acceptors (Lipinski definition) is 1. The smallest absolute Gasteiger partial charge is 0.152 e. The van der Waals surface area contributed by atoms with Crippen LogP contribution < -0.4 is 0 Å². The fraction of sp³-hybridized carbons (Fsp3) is 0.125. The zero-order chi connectivity index (χ0) is 17.6. The summed E-state index contributed by atoms with van der Waals surface area (Å²) in [5, 5.41) is 0. The summed E-state index contributed by atoms with van der Waals surface area (Å²) in [7, 11) is 0. The summed E-state index contributed by atoms with van der Waals surface area (Å²) in [5.41, 5.74) is 7.01. The predicted octanol–water partition coefficient (Wildman–Crippen LogP) is 5.88. The van der Waals surface area contributed by atoms with Gasteiger partial charge in [-0.15, -0.1) is 0 Å². The van der Waals surface area contributed by atoms with Crippen LogP contribution in [0.2, 0.25) is 0 Å². The molecule has 124 valence electrons. The number of carbonyl (C=O) groups excluding carboxylic acids is 1. The zero-order valence-corrected chi connectivity index (χ0v) is 14.7. The van der Waals surface area contributed by atoms with Gasteiger partial charge in [0.05, 0.1) is 0 Å². The number of aryl methyl sites for hydroxylation is 1. The Balaban J connectivity index is 1.96. The van der Waals surface area contributed by atoms with Crippen LogP contribution in [0, 0.1) is 6.92 Å². The lowest BCUT2D eigenvalue weighted by atomic mass is 9.92. The predicted molar refractivity (Wildman–Crippen MR) is 105 cm³/mol. The molecule has 1 heteroatoms. The second-order valence-electron chi connectivity index (χ2n) is 6.34. The molecule has 0 N–H and O–H groups in total. The average molecular weight is 326 g/mol. The van der Waals surface area contributed by atoms with Crippen LogP contribution in [0.1, 0.15) is 23.6 Å². The fourth-order valence-electron chi connectivity index (χ4n) is 3.11. The van der Waals surface area contributed by atoms with E-state index < -0.39 is 0 Å². The van der Waals surface area contributed by atoms with E-state index >= 15 is 0 Å². The van der Waals surface area contributed by atoms with Crippen LogP contribution in [-0.4, -0.2) is 5.78 Å². The molecular formula is C24H22O. The van der Waals surface area contributed by atoms with E-state index in [4.69, 9.17) is 0 Å². The summed E-state index contributed by atoms with van der Waals surface area (Å²) < 4.78 is 0. The Hall–Kier alpha value is -2.93. The van der Waals surface area contributed by atoms with Gasteiger partial charge in [-0.05, 0) is 59.7 Å². The molecule has 0 spiro atoms. The minimum atomic E-state index is 0.0810. The molecule has 0 aromatic heterocycles. The van der Waals surface area contributed by atoms with Gasteiger partial charge < -0.3 is 0 Å². The van der Waals surface area contributed by atoms with Gasteiger partial charge in [0.2, 0.25) is 0 Å². The molecule has 0 saturated heterocycles. The van der Waals surface area contributed by atoms with Crippen molar-refractivity contribution in [3.63, 3.8) is 0 Å². The Morgan fingerprint density at radius 1 is 0.840 bits per heavy atom. The highest BCUT2D eigenvalue weighted by Crippen LogP contribution is 2.26. The SMILES string of the molecule is CC(=O)/C=C(/Cc1cccc(-c2ccccc2)c1)c1ccccc1C. The van der Waals surface area contributed by atoms with Crippen LogP contribution >= 0.6 is 0 Å². The van der Waals surface area contributed by atoms with Gasteiger partial charge in [-0.1, -0.05) is 78.9 Å². The van der Waals surface area contributed by atoms with E-state index in [-0.39, 0.29) is 5.78 Å². The van der Waals surface area contributed by atoms with E-state index in [1.54, 1.807) is 13.0 Å². The van der Waals surface area contributed by atoms with Crippen LogP contribution in [0.4, 0.5) is 0 Å². The quantitative estimate of drug-likeness (QED) is 0.535. The molecule has 3 rings (SSSR count). The molecule has 0 saturated carbocycles. The lowest BCUT2D eigenvalue weighted by Gasteiger charge is -2.12. The molecule has 0 amide bonds. The molecule has 0 aliphatic carbocycles. The third-order valence-corrected chi connectivity index (χ3v) is 4.30. The van der Waals surface area contributed by atoms with Gasteiger partial charge in [0.1, 0.15) is 0 Å². The summed E-state index contributed by atoms with van der Waals surface area (Å²) in [6.07, 6.45) is 2.50. The van der Waals surface area contributed by atoms with E-state index in [1.165, 1.54) is 22.3 Å². The molecule has 3 aromatic carbocycles. The third-order valence-electron chi connectivity index (χ3n) is 4.30. The maximum Gasteiger partial charge on any atom is 0.152 e. The van der Waals surface area contributed by atoms with Crippen molar-refractivity contribution in [1.29, 1.82) is 0 Å². The standard InChI is InChI=1S/C24H22O/c1-18-9-6-7-14-24(18)23(15-19(2)25)17-20-10-8-13-22(16-20)21-11-4-3-5-12-21/h3-16H,17H2,1-2H3/b23-15-. The van der Waals surface area contributed by atoms with Crippen molar-refractivity contribution in [3.05, 3.63) is 102 Å². The van der Waals surface area contributed by atoms with Gasteiger partial charge >= 0.3 is 0 Å². The lowest BCUT2D eigenvalue weighted by Crippen LogP contribution is -1.97. The highest BCUT2D eigenvalue weighted by Gasteiger charge is 2.08. The summed E-state index contributed by atoms with van der Waals surface area (Å²) in [6, 6.07) is 27.1. The molecule has 0 aliphatic heterocycles. The van der Waals surface area contributed by atoms with Gasteiger partial charge in [-0.3, -0.25) is 4.79 Å². The largest absolute Gasteiger partial charge is 0.295 e. The minimum absolute atomic E-state index is 0.0810. The topological polar surface area (TPSA) is 17.1 Å². The molecule has 3 aromatic rings. The van der Waals surface area contributed by atoms with Crippen molar-refractivity contribution in [2.24, 2.45) is 0 Å². The van der Waals surface area contributed by atoms with E-state index in [9.17, 15) is 4.79 Å². The first-order chi connectivity index (χ1) is 12.1. The van der Waals surface area contributed by atoms with Crippen LogP contribution in [0.3, 0.4) is 0 Å². The van der Waals surface area contributed by atoms with Crippen molar-refractivity contribution < 1.29 is 4.79 Å². The molecule has 0 radical (unpaired) electrons. The molecular weight excluding hydrogens is 304 g/mol. The molecule has 1 nitrogen and oxygen atoms in total. The van der Waals surface area contributed by atoms with Crippen molar-refractivity contribution in [3.8, 4) is 11.1 Å². The van der Waals surface area contributed by atoms with Crippen LogP contribution in [0.5, 0.6) is 0 Å². The fourth-order valence-corrected chi connectivity index (χ4v) is 3.11. The van der Waals surface area contributed by atoms with Crippen molar-refractivity contribution >= 4 is 11.4 Å². The first-order valence-electron chi connectivity index (χ1n) is 8.55. The number of hydrogen-bond donors (Lipinski definition) is 0. The highest BCUT2D eigenvalue weighted by molar-refractivity contribution is 5.95. The Labute approximate surface area is 149 Å². The average Bonchev–Trinajstić information content (AvgIpc) is 2.62. The Morgan fingerprint density at radius 3 is 2.24 bits per heavy atom. The number of ketones is 1. The molecule has 0 fully saturated rings. The molecule has 0 atom stereocenters. The van der Waals surface area contributed by atoms with Gasteiger partial charge in [-0.25, -0.2) is 0 Å². The lowest BCUT2D eigenvalue weighted by molar-refractivity contribution is -0.112. The highest BCUT2D eigenvalue weighted by atomic mass is 16.1. The summed E-state index contributed by atoms with van der Waals surface area (Å²) in [5.74, 6) is 0.0810. The first-order valence-corrected chi connectivity index (χ1v) is 8.55. The van der Waals surface area contributed by atoms with Crippen LogP contribution in [0.25, 0.3) is 16.7 Å². The van der Waals surface area contributed by atoms with Gasteiger partial charge in [0, 0.05) is 0 Å². The summed E-state index contributed by atoms with van der Waals surface area (Å²) in [4.78, 5) is 11.7. The van der Waals surface area contributed by atoms with Crippen LogP contribution in [-0.2, 0) is 11.2 Å². The molecule has 25 heavy (non-hydrogen) atoms. The third kappa shape index (κ3) is 4.33. The Morgan fingerprint density at radius 2 is 1.52 bits per heavy atom. The molecule has 0 aliphatic rings. The Bertz CT molecular complexity index is 904. The van der Waals surface area contributed by atoms with Crippen molar-refractivity contribution in [1.82, 2.24) is 0 Å². The van der Waals surface area contributed by atoms with Gasteiger partial charge in [-0.2, -0.15) is 0 Å². The Kier molecular flexibility index (Phi) is 5.25. The van der Waals surface area contributed by atoms with Gasteiger partial charge in [0.25, 0.3) is 0 Å². The number of rotatable bonds is 5. The minimum Gasteiger partial charge on any atom is -0.295 e. The van der Waals surface area contributed by atoms with Gasteiger partial charge in [0.15, 0.2) is 5.78 Å². The monoisotopic (exact) mass is 326 g/mol. The van der Waals surface area contributed by atoms with Crippen LogP contribution in [0.15, 0.2) is 84.9 Å². The second kappa shape index (κ2) is 7.76. The summed E-state index contributed by atoms with van der Waals surface area (Å²) >= 11 is 0. The van der Waals surface area contributed by atoms with Crippen molar-refractivity contribution in [2.75, 3.05) is 0 Å². The summed E-state index contributed by atoms with van der Waals surface area (Å²) in [6.45, 7) is 3.70. The first kappa shape index (κ1) is 16.9. The van der Waals surface area contributed by atoms with E-state index in [1.807, 2.05) is 18.2 Å². The van der Waals surface area contributed by atoms with E-state index in [0.717, 1.165) is 17.6 Å². The normalized spacial score (nSPS) is 11.4. The number of allylic oxidation sites excluding steroid dienone is 2. The van der Waals surface area contributed by atoms with E-state index in [2.05, 4.69) is 67.6 Å². The maximum atomic E-state index is 11.7. The van der Waals surface area contributed by atoms with Crippen molar-refractivity contribution in [2.45, 2.75) is 20.3 Å². The second-order valence-corrected chi connectivity index (χ2v) is 6.34. The number of benzene rings is 3. The maximum absolute atomic E-state index is 11.7. The molecule has 0 unspecified atom stereocenters.